The van der Waals surface area contributed by atoms with Crippen LogP contribution in [0.5, 0.6) is 0 Å². The monoisotopic (exact) mass is 395 g/mol. The standard InChI is InChI=1S/C20H21N5O4/c1-2-24-15-5-3-4-6-16(15)25(20(24)29)12-18(27)23-14-9-7-13(8-10-14)19(28)22-11-17(21)26/h3-10H,2,11-12H2,1H3,(H2,21,26)(H,22,28)(H,23,27). The summed E-state index contributed by atoms with van der Waals surface area (Å²) in [6.45, 7) is 2.00. The molecule has 9 nitrogen and oxygen atoms in total. The van der Waals surface area contributed by atoms with Gasteiger partial charge in [-0.3, -0.25) is 23.5 Å². The van der Waals surface area contributed by atoms with Gasteiger partial charge in [0.05, 0.1) is 17.6 Å². The fraction of sp³-hybridized carbons (Fsp3) is 0.200. The maximum Gasteiger partial charge on any atom is 0.329 e. The van der Waals surface area contributed by atoms with Gasteiger partial charge in [-0.25, -0.2) is 4.79 Å². The van der Waals surface area contributed by atoms with Crippen LogP contribution in [0, 0.1) is 0 Å². The van der Waals surface area contributed by atoms with Crippen LogP contribution in [0.3, 0.4) is 0 Å². The molecule has 0 aliphatic heterocycles. The molecular formula is C20H21N5O4. The van der Waals surface area contributed by atoms with Crippen molar-refractivity contribution in [3.05, 3.63) is 64.6 Å². The molecule has 3 rings (SSSR count). The van der Waals surface area contributed by atoms with Crippen LogP contribution in [0.15, 0.2) is 53.3 Å². The quantitative estimate of drug-likeness (QED) is 0.543. The van der Waals surface area contributed by atoms with Crippen molar-refractivity contribution in [2.24, 2.45) is 5.73 Å². The van der Waals surface area contributed by atoms with Crippen molar-refractivity contribution >= 4 is 34.4 Å². The van der Waals surface area contributed by atoms with Gasteiger partial charge in [0.2, 0.25) is 11.8 Å². The number of imidazole rings is 1. The van der Waals surface area contributed by atoms with Crippen molar-refractivity contribution in [1.82, 2.24) is 14.5 Å². The van der Waals surface area contributed by atoms with Gasteiger partial charge in [0.1, 0.15) is 6.54 Å². The van der Waals surface area contributed by atoms with E-state index in [2.05, 4.69) is 10.6 Å². The van der Waals surface area contributed by atoms with Gasteiger partial charge in [-0.2, -0.15) is 0 Å². The van der Waals surface area contributed by atoms with Crippen molar-refractivity contribution in [2.45, 2.75) is 20.0 Å². The van der Waals surface area contributed by atoms with Crippen molar-refractivity contribution < 1.29 is 14.4 Å². The predicted octanol–water partition coefficient (Wildman–Crippen LogP) is 0.677. The number of para-hydroxylation sites is 2. The molecule has 0 aliphatic carbocycles. The number of primary amides is 1. The van der Waals surface area contributed by atoms with Gasteiger partial charge in [-0.1, -0.05) is 12.1 Å². The largest absolute Gasteiger partial charge is 0.368 e. The maximum absolute atomic E-state index is 12.6. The summed E-state index contributed by atoms with van der Waals surface area (Å²) >= 11 is 0. The minimum absolute atomic E-state index is 0.132. The minimum Gasteiger partial charge on any atom is -0.368 e. The third kappa shape index (κ3) is 4.34. The average molecular weight is 395 g/mol. The van der Waals surface area contributed by atoms with E-state index in [1.54, 1.807) is 22.8 Å². The van der Waals surface area contributed by atoms with Crippen LogP contribution in [0.4, 0.5) is 5.69 Å². The highest BCUT2D eigenvalue weighted by Gasteiger charge is 2.14. The summed E-state index contributed by atoms with van der Waals surface area (Å²) in [5.41, 5.74) is 7.02. The second-order valence-corrected chi connectivity index (χ2v) is 6.38. The Hall–Kier alpha value is -3.88. The fourth-order valence-corrected chi connectivity index (χ4v) is 3.05. The van der Waals surface area contributed by atoms with Crippen LogP contribution in [-0.2, 0) is 22.7 Å². The second kappa shape index (κ2) is 8.42. The second-order valence-electron chi connectivity index (χ2n) is 6.38. The highest BCUT2D eigenvalue weighted by atomic mass is 16.2. The Morgan fingerprint density at radius 1 is 0.966 bits per heavy atom. The molecule has 0 saturated heterocycles. The maximum atomic E-state index is 12.6. The molecule has 0 saturated carbocycles. The van der Waals surface area contributed by atoms with Gasteiger partial charge in [0.25, 0.3) is 5.91 Å². The Morgan fingerprint density at radius 2 is 1.59 bits per heavy atom. The average Bonchev–Trinajstić information content (AvgIpc) is 2.97. The number of benzene rings is 2. The number of hydrogen-bond donors (Lipinski definition) is 3. The summed E-state index contributed by atoms with van der Waals surface area (Å²) in [6.07, 6.45) is 0. The first-order valence-electron chi connectivity index (χ1n) is 9.05. The number of nitrogens with one attached hydrogen (secondary N) is 2. The first kappa shape index (κ1) is 19.9. The summed E-state index contributed by atoms with van der Waals surface area (Å²) in [5, 5.41) is 5.09. The van der Waals surface area contributed by atoms with E-state index < -0.39 is 11.8 Å². The molecule has 9 heteroatoms. The van der Waals surface area contributed by atoms with Crippen LogP contribution >= 0.6 is 0 Å². The SMILES string of the molecule is CCn1c(=O)n(CC(=O)Nc2ccc(C(=O)NCC(N)=O)cc2)c2ccccc21. The zero-order valence-corrected chi connectivity index (χ0v) is 15.8. The zero-order valence-electron chi connectivity index (χ0n) is 15.8. The van der Waals surface area contributed by atoms with E-state index in [9.17, 15) is 19.2 Å². The number of aryl methyl sites for hydroxylation is 1. The van der Waals surface area contributed by atoms with Gasteiger partial charge < -0.3 is 16.4 Å². The lowest BCUT2D eigenvalue weighted by Gasteiger charge is -2.08. The normalized spacial score (nSPS) is 10.7. The van der Waals surface area contributed by atoms with Crippen LogP contribution in [0.1, 0.15) is 17.3 Å². The van der Waals surface area contributed by atoms with Crippen molar-refractivity contribution in [3.63, 3.8) is 0 Å². The lowest BCUT2D eigenvalue weighted by atomic mass is 10.2. The van der Waals surface area contributed by atoms with E-state index in [0.717, 1.165) is 5.52 Å². The van der Waals surface area contributed by atoms with E-state index in [1.807, 2.05) is 25.1 Å². The molecule has 0 aliphatic rings. The Morgan fingerprint density at radius 3 is 2.17 bits per heavy atom. The highest BCUT2D eigenvalue weighted by Crippen LogP contribution is 2.14. The first-order valence-corrected chi connectivity index (χ1v) is 9.05. The Balaban J connectivity index is 1.71. The van der Waals surface area contributed by atoms with E-state index >= 15 is 0 Å². The van der Waals surface area contributed by atoms with E-state index in [0.29, 0.717) is 23.3 Å². The molecule has 3 amide bonds. The van der Waals surface area contributed by atoms with Gasteiger partial charge in [-0.05, 0) is 43.3 Å². The first-order chi connectivity index (χ1) is 13.9. The third-order valence-corrected chi connectivity index (χ3v) is 4.40. The number of rotatable bonds is 7. The zero-order chi connectivity index (χ0) is 21.0. The van der Waals surface area contributed by atoms with E-state index in [1.165, 1.54) is 16.7 Å². The van der Waals surface area contributed by atoms with Gasteiger partial charge in [0.15, 0.2) is 0 Å². The molecule has 0 fully saturated rings. The lowest BCUT2D eigenvalue weighted by molar-refractivity contribution is -0.117. The number of carbonyl (C=O) groups excluding carboxylic acids is 3. The third-order valence-electron chi connectivity index (χ3n) is 4.40. The molecule has 0 atom stereocenters. The van der Waals surface area contributed by atoms with Gasteiger partial charge in [-0.15, -0.1) is 0 Å². The molecule has 0 unspecified atom stereocenters. The van der Waals surface area contributed by atoms with Gasteiger partial charge >= 0.3 is 5.69 Å². The van der Waals surface area contributed by atoms with Crippen LogP contribution in [-0.4, -0.2) is 33.4 Å². The number of nitrogens with two attached hydrogens (primary N) is 1. The summed E-state index contributed by atoms with van der Waals surface area (Å²) in [4.78, 5) is 47.7. The molecule has 0 radical (unpaired) electrons. The minimum atomic E-state index is -0.637. The van der Waals surface area contributed by atoms with Crippen LogP contribution in [0.25, 0.3) is 11.0 Å². The van der Waals surface area contributed by atoms with E-state index in [-0.39, 0.29) is 24.7 Å². The summed E-state index contributed by atoms with van der Waals surface area (Å²) < 4.78 is 3.04. The molecule has 0 bridgehead atoms. The van der Waals surface area contributed by atoms with Crippen molar-refractivity contribution in [3.8, 4) is 0 Å². The molecule has 1 aromatic heterocycles. The Bertz CT molecular complexity index is 1130. The van der Waals surface area contributed by atoms with Gasteiger partial charge in [0, 0.05) is 17.8 Å². The highest BCUT2D eigenvalue weighted by molar-refractivity contribution is 5.97. The molecular weight excluding hydrogens is 374 g/mol. The molecule has 29 heavy (non-hydrogen) atoms. The molecule has 1 heterocycles. The lowest BCUT2D eigenvalue weighted by Crippen LogP contribution is -2.33. The predicted molar refractivity (Wildman–Crippen MR) is 108 cm³/mol. The Labute approximate surface area is 166 Å². The molecule has 0 spiro atoms. The summed E-state index contributed by atoms with van der Waals surface area (Å²) in [5.74, 6) is -1.44. The number of amides is 3. The fourth-order valence-electron chi connectivity index (χ4n) is 3.05. The van der Waals surface area contributed by atoms with E-state index in [4.69, 9.17) is 5.73 Å². The summed E-state index contributed by atoms with van der Waals surface area (Å²) in [7, 11) is 0. The molecule has 150 valence electrons. The summed E-state index contributed by atoms with van der Waals surface area (Å²) in [6, 6.07) is 13.5. The number of hydrogen-bond acceptors (Lipinski definition) is 4. The number of fused-ring (bicyclic) bond motifs is 1. The van der Waals surface area contributed by atoms with Crippen LogP contribution < -0.4 is 22.1 Å². The van der Waals surface area contributed by atoms with Crippen molar-refractivity contribution in [1.29, 1.82) is 0 Å². The number of nitrogens with zero attached hydrogens (tertiary/aromatic N) is 2. The number of anilines is 1. The topological polar surface area (TPSA) is 128 Å². The molecule has 3 aromatic rings. The van der Waals surface area contributed by atoms with Crippen molar-refractivity contribution in [2.75, 3.05) is 11.9 Å². The number of carbonyl (C=O) groups is 3. The van der Waals surface area contributed by atoms with Crippen LogP contribution in [0.2, 0.25) is 0 Å². The number of aromatic nitrogens is 2. The molecule has 4 N–H and O–H groups in total. The molecule has 2 aromatic carbocycles. The Kier molecular flexibility index (Phi) is 5.77. The smallest absolute Gasteiger partial charge is 0.329 e.